The summed E-state index contributed by atoms with van der Waals surface area (Å²) in [5.41, 5.74) is 7.28. The predicted octanol–water partition coefficient (Wildman–Crippen LogP) is 3.46. The SMILES string of the molecule is Cn1c2ccncc2c2ccc(Br)nc21.Nc1ccc([N+](=O)[O-])cn1. The maximum absolute atomic E-state index is 10.0. The van der Waals surface area contributed by atoms with Gasteiger partial charge >= 0.3 is 0 Å². The molecule has 0 saturated carbocycles. The second-order valence-electron chi connectivity index (χ2n) is 5.16. The molecular weight excluding hydrogens is 388 g/mol. The summed E-state index contributed by atoms with van der Waals surface area (Å²) in [6.07, 6.45) is 4.80. The van der Waals surface area contributed by atoms with Gasteiger partial charge in [0, 0.05) is 36.3 Å². The lowest BCUT2D eigenvalue weighted by Crippen LogP contribution is -1.92. The molecule has 0 radical (unpaired) electrons. The summed E-state index contributed by atoms with van der Waals surface area (Å²) in [6, 6.07) is 8.72. The van der Waals surface area contributed by atoms with Crippen LogP contribution in [0.15, 0.2) is 53.5 Å². The fourth-order valence-corrected chi connectivity index (χ4v) is 2.70. The molecule has 0 fully saturated rings. The Morgan fingerprint density at radius 3 is 2.64 bits per heavy atom. The molecule has 2 N–H and O–H groups in total. The second-order valence-corrected chi connectivity index (χ2v) is 5.97. The Morgan fingerprint density at radius 2 is 1.96 bits per heavy atom. The highest BCUT2D eigenvalue weighted by atomic mass is 79.9. The van der Waals surface area contributed by atoms with Crippen LogP contribution < -0.4 is 5.73 Å². The topological polar surface area (TPSA) is 113 Å². The molecule has 4 aromatic heterocycles. The summed E-state index contributed by atoms with van der Waals surface area (Å²) >= 11 is 3.38. The molecule has 9 heteroatoms. The number of nitrogen functional groups attached to an aromatic ring is 1. The van der Waals surface area contributed by atoms with E-state index in [2.05, 4.69) is 41.5 Å². The van der Waals surface area contributed by atoms with Crippen molar-refractivity contribution in [2.45, 2.75) is 0 Å². The zero-order chi connectivity index (χ0) is 18.0. The predicted molar refractivity (Wildman–Crippen MR) is 99.0 cm³/mol. The zero-order valence-corrected chi connectivity index (χ0v) is 14.7. The fourth-order valence-electron chi connectivity index (χ4n) is 2.40. The van der Waals surface area contributed by atoms with E-state index in [4.69, 9.17) is 5.73 Å². The number of nitrogens with two attached hydrogens (primary N) is 1. The average Bonchev–Trinajstić information content (AvgIpc) is 2.88. The maximum atomic E-state index is 10.0. The van der Waals surface area contributed by atoms with Gasteiger partial charge in [0.25, 0.3) is 5.69 Å². The van der Waals surface area contributed by atoms with E-state index in [1.165, 1.54) is 12.1 Å². The van der Waals surface area contributed by atoms with Crippen molar-refractivity contribution in [3.8, 4) is 0 Å². The maximum Gasteiger partial charge on any atom is 0.287 e. The molecule has 25 heavy (non-hydrogen) atoms. The van der Waals surface area contributed by atoms with Gasteiger partial charge in [-0.05, 0) is 40.2 Å². The van der Waals surface area contributed by atoms with E-state index in [1.807, 2.05) is 25.4 Å². The van der Waals surface area contributed by atoms with Crippen molar-refractivity contribution in [3.05, 3.63) is 63.6 Å². The molecule has 0 atom stereocenters. The first-order chi connectivity index (χ1) is 12.0. The summed E-state index contributed by atoms with van der Waals surface area (Å²) in [7, 11) is 2.02. The lowest BCUT2D eigenvalue weighted by Gasteiger charge is -1.96. The summed E-state index contributed by atoms with van der Waals surface area (Å²) < 4.78 is 2.94. The van der Waals surface area contributed by atoms with Gasteiger partial charge in [-0.2, -0.15) is 0 Å². The standard InChI is InChI=1S/C11H8BrN3.C5H5N3O2/c1-15-9-4-5-13-6-8(9)7-2-3-10(12)14-11(7)15;6-5-2-1-4(3-7-5)8(9)10/h2-6H,1H3;1-3H,(H2,6,7). The first-order valence-electron chi connectivity index (χ1n) is 7.18. The van der Waals surface area contributed by atoms with Crippen LogP contribution >= 0.6 is 15.9 Å². The lowest BCUT2D eigenvalue weighted by atomic mass is 10.2. The summed E-state index contributed by atoms with van der Waals surface area (Å²) in [5.74, 6) is 0.283. The zero-order valence-electron chi connectivity index (χ0n) is 13.1. The van der Waals surface area contributed by atoms with Crippen molar-refractivity contribution in [2.75, 3.05) is 5.73 Å². The number of rotatable bonds is 1. The molecule has 0 unspecified atom stereocenters. The molecule has 4 heterocycles. The number of nitrogens with zero attached hydrogens (tertiary/aromatic N) is 5. The normalized spacial score (nSPS) is 10.5. The first kappa shape index (κ1) is 16.8. The van der Waals surface area contributed by atoms with Crippen LogP contribution in [0.1, 0.15) is 0 Å². The van der Waals surface area contributed by atoms with Gasteiger partial charge < -0.3 is 10.3 Å². The molecule has 0 aromatic carbocycles. The minimum Gasteiger partial charge on any atom is -0.384 e. The number of hydrogen-bond acceptors (Lipinski definition) is 6. The van der Waals surface area contributed by atoms with Crippen LogP contribution in [0, 0.1) is 10.1 Å². The molecule has 0 aliphatic heterocycles. The van der Waals surface area contributed by atoms with E-state index in [-0.39, 0.29) is 11.5 Å². The van der Waals surface area contributed by atoms with Crippen molar-refractivity contribution in [1.82, 2.24) is 19.5 Å². The Morgan fingerprint density at radius 1 is 1.16 bits per heavy atom. The quantitative estimate of drug-likeness (QED) is 0.297. The summed E-state index contributed by atoms with van der Waals surface area (Å²) in [4.78, 5) is 21.7. The van der Waals surface area contributed by atoms with Crippen LogP contribution in [-0.4, -0.2) is 24.4 Å². The molecule has 0 aliphatic rings. The van der Waals surface area contributed by atoms with E-state index in [0.717, 1.165) is 32.7 Å². The Bertz CT molecular complexity index is 1060. The third-order valence-corrected chi connectivity index (χ3v) is 4.03. The Labute approximate surface area is 150 Å². The average molecular weight is 401 g/mol. The number of nitro groups is 1. The molecule has 4 aromatic rings. The number of pyridine rings is 3. The van der Waals surface area contributed by atoms with Gasteiger partial charge in [-0.3, -0.25) is 15.1 Å². The van der Waals surface area contributed by atoms with E-state index in [0.29, 0.717) is 0 Å². The van der Waals surface area contributed by atoms with Gasteiger partial charge in [0.15, 0.2) is 0 Å². The highest BCUT2D eigenvalue weighted by molar-refractivity contribution is 9.10. The molecule has 0 bridgehead atoms. The van der Waals surface area contributed by atoms with E-state index < -0.39 is 4.92 Å². The smallest absolute Gasteiger partial charge is 0.287 e. The number of anilines is 1. The van der Waals surface area contributed by atoms with Crippen molar-refractivity contribution in [1.29, 1.82) is 0 Å². The van der Waals surface area contributed by atoms with Gasteiger partial charge in [-0.15, -0.1) is 0 Å². The monoisotopic (exact) mass is 400 g/mol. The van der Waals surface area contributed by atoms with Gasteiger partial charge in [0.1, 0.15) is 22.3 Å². The molecular formula is C16H13BrN6O2. The molecule has 0 amide bonds. The minimum absolute atomic E-state index is 0.0470. The first-order valence-corrected chi connectivity index (χ1v) is 7.97. The third kappa shape index (κ3) is 3.41. The van der Waals surface area contributed by atoms with Gasteiger partial charge in [-0.25, -0.2) is 9.97 Å². The van der Waals surface area contributed by atoms with Crippen LogP contribution in [-0.2, 0) is 7.05 Å². The molecule has 0 saturated heterocycles. The fraction of sp³-hybridized carbons (Fsp3) is 0.0625. The van der Waals surface area contributed by atoms with E-state index in [1.54, 1.807) is 6.20 Å². The van der Waals surface area contributed by atoms with Crippen LogP contribution in [0.5, 0.6) is 0 Å². The van der Waals surface area contributed by atoms with Crippen molar-refractivity contribution in [3.63, 3.8) is 0 Å². The molecule has 0 spiro atoms. The Hall–Kier alpha value is -3.07. The third-order valence-electron chi connectivity index (χ3n) is 3.59. The number of hydrogen-bond donors (Lipinski definition) is 1. The molecule has 0 aliphatic carbocycles. The minimum atomic E-state index is -0.521. The summed E-state index contributed by atoms with van der Waals surface area (Å²) in [6.45, 7) is 0. The molecule has 4 rings (SSSR count). The van der Waals surface area contributed by atoms with Crippen molar-refractivity contribution in [2.24, 2.45) is 7.05 Å². The number of fused-ring (bicyclic) bond motifs is 3. The Balaban J connectivity index is 0.000000160. The van der Waals surface area contributed by atoms with E-state index >= 15 is 0 Å². The number of aromatic nitrogens is 4. The number of halogens is 1. The highest BCUT2D eigenvalue weighted by Gasteiger charge is 2.08. The Kier molecular flexibility index (Phi) is 4.57. The van der Waals surface area contributed by atoms with E-state index in [9.17, 15) is 10.1 Å². The van der Waals surface area contributed by atoms with Crippen LogP contribution in [0.2, 0.25) is 0 Å². The number of aryl methyl sites for hydroxylation is 1. The molecule has 126 valence electrons. The summed E-state index contributed by atoms with van der Waals surface area (Å²) in [5, 5.41) is 12.3. The largest absolute Gasteiger partial charge is 0.384 e. The van der Waals surface area contributed by atoms with Gasteiger partial charge in [0.2, 0.25) is 0 Å². The second kappa shape index (κ2) is 6.81. The molecule has 8 nitrogen and oxygen atoms in total. The highest BCUT2D eigenvalue weighted by Crippen LogP contribution is 2.26. The van der Waals surface area contributed by atoms with Crippen LogP contribution in [0.25, 0.3) is 21.9 Å². The van der Waals surface area contributed by atoms with Gasteiger partial charge in [-0.1, -0.05) is 0 Å². The van der Waals surface area contributed by atoms with Crippen LogP contribution in [0.4, 0.5) is 11.5 Å². The lowest BCUT2D eigenvalue weighted by molar-refractivity contribution is -0.385. The van der Waals surface area contributed by atoms with Gasteiger partial charge in [0.05, 0.1) is 10.4 Å². The van der Waals surface area contributed by atoms with Crippen molar-refractivity contribution >= 4 is 49.4 Å². The van der Waals surface area contributed by atoms with Crippen molar-refractivity contribution < 1.29 is 4.92 Å². The van der Waals surface area contributed by atoms with Crippen LogP contribution in [0.3, 0.4) is 0 Å².